The lowest BCUT2D eigenvalue weighted by Crippen LogP contribution is -2.42. The number of nitrogens with one attached hydrogen (secondary N) is 1. The molecule has 1 saturated carbocycles. The molecule has 0 radical (unpaired) electrons. The van der Waals surface area contributed by atoms with Gasteiger partial charge in [0, 0.05) is 25.2 Å². The number of likely N-dealkylation sites (tertiary alicyclic amines) is 1. The lowest BCUT2D eigenvalue weighted by molar-refractivity contribution is -0.143. The van der Waals surface area contributed by atoms with Gasteiger partial charge in [-0.1, -0.05) is 6.42 Å². The van der Waals surface area contributed by atoms with Crippen molar-refractivity contribution in [3.8, 4) is 0 Å². The summed E-state index contributed by atoms with van der Waals surface area (Å²) in [5.74, 6) is -0.524. The number of hydrogen-bond acceptors (Lipinski definition) is 3. The van der Waals surface area contributed by atoms with Crippen molar-refractivity contribution in [1.82, 2.24) is 10.2 Å². The van der Waals surface area contributed by atoms with Crippen molar-refractivity contribution in [2.45, 2.75) is 51.6 Å². The molecule has 4 heteroatoms. The number of rotatable bonds is 6. The molecule has 1 aliphatic heterocycles. The maximum absolute atomic E-state index is 11.4. The summed E-state index contributed by atoms with van der Waals surface area (Å²) in [5, 5.41) is 12.8. The lowest BCUT2D eigenvalue weighted by Gasteiger charge is -2.29. The molecule has 0 aromatic carbocycles. The van der Waals surface area contributed by atoms with Gasteiger partial charge in [-0.3, -0.25) is 4.79 Å². The van der Waals surface area contributed by atoms with Crippen molar-refractivity contribution >= 4 is 5.97 Å². The van der Waals surface area contributed by atoms with E-state index in [0.717, 1.165) is 19.5 Å². The predicted octanol–water partition coefficient (Wildman–Crippen LogP) is 1.56. The van der Waals surface area contributed by atoms with Crippen molar-refractivity contribution in [1.29, 1.82) is 0 Å². The monoisotopic (exact) mass is 254 g/mol. The third-order valence-corrected chi connectivity index (χ3v) is 4.60. The summed E-state index contributed by atoms with van der Waals surface area (Å²) in [6.07, 6.45) is 4.76. The van der Waals surface area contributed by atoms with Gasteiger partial charge in [0.2, 0.25) is 0 Å². The lowest BCUT2D eigenvalue weighted by atomic mass is 9.89. The topological polar surface area (TPSA) is 52.6 Å². The molecule has 0 bridgehead atoms. The SMILES string of the molecule is CC(C)N1CCC(C(CNC2CCC2)C(=O)O)C1. The van der Waals surface area contributed by atoms with E-state index in [1.807, 2.05) is 0 Å². The van der Waals surface area contributed by atoms with Crippen LogP contribution in [0.2, 0.25) is 0 Å². The second kappa shape index (κ2) is 6.02. The molecule has 0 aromatic heterocycles. The Morgan fingerprint density at radius 1 is 1.39 bits per heavy atom. The van der Waals surface area contributed by atoms with Crippen LogP contribution in [0.4, 0.5) is 0 Å². The van der Waals surface area contributed by atoms with Crippen LogP contribution in [0.5, 0.6) is 0 Å². The van der Waals surface area contributed by atoms with E-state index in [2.05, 4.69) is 24.1 Å². The largest absolute Gasteiger partial charge is 0.481 e. The predicted molar refractivity (Wildman–Crippen MR) is 71.6 cm³/mol. The third kappa shape index (κ3) is 3.23. The van der Waals surface area contributed by atoms with Gasteiger partial charge in [0.25, 0.3) is 0 Å². The number of aliphatic carboxylic acids is 1. The maximum atomic E-state index is 11.4. The van der Waals surface area contributed by atoms with Gasteiger partial charge in [-0.05, 0) is 45.6 Å². The van der Waals surface area contributed by atoms with Crippen LogP contribution in [0.25, 0.3) is 0 Å². The molecule has 104 valence electrons. The van der Waals surface area contributed by atoms with E-state index in [4.69, 9.17) is 0 Å². The highest BCUT2D eigenvalue weighted by Crippen LogP contribution is 2.26. The molecule has 2 unspecified atom stereocenters. The maximum Gasteiger partial charge on any atom is 0.308 e. The van der Waals surface area contributed by atoms with Crippen LogP contribution in [0.1, 0.15) is 39.5 Å². The second-order valence-corrected chi connectivity index (χ2v) is 6.12. The first-order valence-corrected chi connectivity index (χ1v) is 7.28. The summed E-state index contributed by atoms with van der Waals surface area (Å²) in [6, 6.07) is 1.11. The zero-order chi connectivity index (χ0) is 13.1. The molecule has 0 amide bonds. The molecular formula is C14H26N2O2. The van der Waals surface area contributed by atoms with Crippen LogP contribution in [0.3, 0.4) is 0 Å². The van der Waals surface area contributed by atoms with Gasteiger partial charge in [0.1, 0.15) is 0 Å². The number of nitrogens with zero attached hydrogens (tertiary/aromatic N) is 1. The van der Waals surface area contributed by atoms with Gasteiger partial charge in [0.05, 0.1) is 5.92 Å². The zero-order valence-corrected chi connectivity index (χ0v) is 11.6. The van der Waals surface area contributed by atoms with Gasteiger partial charge in [-0.2, -0.15) is 0 Å². The summed E-state index contributed by atoms with van der Waals surface area (Å²) in [5.41, 5.74) is 0. The van der Waals surface area contributed by atoms with Crippen LogP contribution in [0, 0.1) is 11.8 Å². The minimum absolute atomic E-state index is 0.214. The summed E-state index contributed by atoms with van der Waals surface area (Å²) < 4.78 is 0. The van der Waals surface area contributed by atoms with Crippen molar-refractivity contribution in [2.75, 3.05) is 19.6 Å². The fourth-order valence-corrected chi connectivity index (χ4v) is 2.97. The van der Waals surface area contributed by atoms with Crippen molar-refractivity contribution in [3.63, 3.8) is 0 Å². The molecule has 1 saturated heterocycles. The van der Waals surface area contributed by atoms with Gasteiger partial charge in [-0.15, -0.1) is 0 Å². The van der Waals surface area contributed by atoms with Gasteiger partial charge < -0.3 is 15.3 Å². The van der Waals surface area contributed by atoms with E-state index in [-0.39, 0.29) is 5.92 Å². The first kappa shape index (κ1) is 13.8. The van der Waals surface area contributed by atoms with Crippen LogP contribution in [-0.4, -0.2) is 47.7 Å². The molecule has 4 nitrogen and oxygen atoms in total. The molecule has 2 rings (SSSR count). The number of carbonyl (C=O) groups is 1. The third-order valence-electron chi connectivity index (χ3n) is 4.60. The van der Waals surface area contributed by atoms with Gasteiger partial charge >= 0.3 is 5.97 Å². The highest BCUT2D eigenvalue weighted by molar-refractivity contribution is 5.70. The number of hydrogen-bond donors (Lipinski definition) is 2. The fraction of sp³-hybridized carbons (Fsp3) is 0.929. The van der Waals surface area contributed by atoms with Crippen LogP contribution < -0.4 is 5.32 Å². The van der Waals surface area contributed by atoms with Crippen molar-refractivity contribution < 1.29 is 9.90 Å². The quantitative estimate of drug-likeness (QED) is 0.755. The Balaban J connectivity index is 1.83. The van der Waals surface area contributed by atoms with E-state index in [1.165, 1.54) is 19.3 Å². The fourth-order valence-electron chi connectivity index (χ4n) is 2.97. The first-order valence-electron chi connectivity index (χ1n) is 7.28. The Hall–Kier alpha value is -0.610. The molecule has 2 fully saturated rings. The van der Waals surface area contributed by atoms with Crippen LogP contribution in [0.15, 0.2) is 0 Å². The summed E-state index contributed by atoms with van der Waals surface area (Å²) in [4.78, 5) is 13.8. The summed E-state index contributed by atoms with van der Waals surface area (Å²) in [6.45, 7) is 7.02. The average molecular weight is 254 g/mol. The van der Waals surface area contributed by atoms with Crippen molar-refractivity contribution in [2.24, 2.45) is 11.8 Å². The summed E-state index contributed by atoms with van der Waals surface area (Å²) >= 11 is 0. The Bertz CT molecular complexity index is 290. The molecule has 1 heterocycles. The highest BCUT2D eigenvalue weighted by Gasteiger charge is 2.35. The van der Waals surface area contributed by atoms with Crippen molar-refractivity contribution in [3.05, 3.63) is 0 Å². The Morgan fingerprint density at radius 3 is 2.56 bits per heavy atom. The molecule has 0 aromatic rings. The Kier molecular flexibility index (Phi) is 4.62. The van der Waals surface area contributed by atoms with E-state index in [0.29, 0.717) is 24.5 Å². The molecular weight excluding hydrogens is 228 g/mol. The smallest absolute Gasteiger partial charge is 0.308 e. The average Bonchev–Trinajstić information content (AvgIpc) is 2.70. The first-order chi connectivity index (χ1) is 8.58. The molecule has 2 aliphatic rings. The zero-order valence-electron chi connectivity index (χ0n) is 11.6. The second-order valence-electron chi connectivity index (χ2n) is 6.12. The molecule has 1 aliphatic carbocycles. The molecule has 18 heavy (non-hydrogen) atoms. The molecule has 2 N–H and O–H groups in total. The van der Waals surface area contributed by atoms with Crippen LogP contribution >= 0.6 is 0 Å². The standard InChI is InChI=1S/C14H26N2O2/c1-10(2)16-7-6-11(9-16)13(14(17)18)8-15-12-4-3-5-12/h10-13,15H,3-9H2,1-2H3,(H,17,18). The Labute approximate surface area is 110 Å². The highest BCUT2D eigenvalue weighted by atomic mass is 16.4. The van der Waals surface area contributed by atoms with E-state index in [9.17, 15) is 9.90 Å². The minimum Gasteiger partial charge on any atom is -0.481 e. The molecule has 2 atom stereocenters. The van der Waals surface area contributed by atoms with Crippen LogP contribution in [-0.2, 0) is 4.79 Å². The minimum atomic E-state index is -0.627. The summed E-state index contributed by atoms with van der Waals surface area (Å²) in [7, 11) is 0. The van der Waals surface area contributed by atoms with Gasteiger partial charge in [0.15, 0.2) is 0 Å². The molecule has 0 spiro atoms. The van der Waals surface area contributed by atoms with E-state index < -0.39 is 5.97 Å². The number of carboxylic acids is 1. The normalized spacial score (nSPS) is 27.4. The number of carboxylic acid groups (broad SMARTS) is 1. The van der Waals surface area contributed by atoms with E-state index in [1.54, 1.807) is 0 Å². The Morgan fingerprint density at radius 2 is 2.11 bits per heavy atom. The van der Waals surface area contributed by atoms with Gasteiger partial charge in [-0.25, -0.2) is 0 Å². The van der Waals surface area contributed by atoms with E-state index >= 15 is 0 Å².